The summed E-state index contributed by atoms with van der Waals surface area (Å²) in [5, 5.41) is 19.6. The largest absolute Gasteiger partial charge is 0.495 e. The van der Waals surface area contributed by atoms with E-state index in [1.54, 1.807) is 12.1 Å². The fourth-order valence-electron chi connectivity index (χ4n) is 1.39. The summed E-state index contributed by atoms with van der Waals surface area (Å²) >= 11 is 0. The Balaban J connectivity index is 2.83. The maximum absolute atomic E-state index is 10.5. The minimum Gasteiger partial charge on any atom is -0.495 e. The van der Waals surface area contributed by atoms with E-state index in [9.17, 15) is 4.79 Å². The molecule has 0 fully saturated rings. The van der Waals surface area contributed by atoms with Crippen LogP contribution in [0.15, 0.2) is 18.2 Å². The minimum atomic E-state index is -1.12. The number of hydrogen-bond acceptors (Lipinski definition) is 3. The van der Waals surface area contributed by atoms with E-state index in [0.29, 0.717) is 17.9 Å². The van der Waals surface area contributed by atoms with Gasteiger partial charge in [0.15, 0.2) is 0 Å². The van der Waals surface area contributed by atoms with Crippen molar-refractivity contribution in [2.45, 2.75) is 12.8 Å². The quantitative estimate of drug-likeness (QED) is 0.712. The van der Waals surface area contributed by atoms with Gasteiger partial charge in [0.1, 0.15) is 5.75 Å². The third kappa shape index (κ3) is 3.43. The van der Waals surface area contributed by atoms with Crippen molar-refractivity contribution in [2.75, 3.05) is 19.0 Å². The molecule has 0 aliphatic carbocycles. The van der Waals surface area contributed by atoms with Crippen LogP contribution in [0.1, 0.15) is 12.0 Å². The molecule has 0 atom stereocenters. The summed E-state index contributed by atoms with van der Waals surface area (Å²) in [5.74, 6) is 0.484. The highest BCUT2D eigenvalue weighted by Gasteiger charge is 2.06. The lowest BCUT2D eigenvalue weighted by Gasteiger charge is -2.09. The standard InChI is InChI=1S/C11H15NO4/c1-16-10-7-8(3-2-6-13)4-5-9(10)12-11(14)15/h4-5,7,12-13H,2-3,6H2,1H3,(H,14,15). The maximum atomic E-state index is 10.5. The molecule has 0 saturated carbocycles. The molecule has 0 spiro atoms. The zero-order valence-electron chi connectivity index (χ0n) is 9.06. The zero-order chi connectivity index (χ0) is 12.0. The van der Waals surface area contributed by atoms with Crippen molar-refractivity contribution >= 4 is 11.8 Å². The van der Waals surface area contributed by atoms with Gasteiger partial charge in [0.25, 0.3) is 0 Å². The van der Waals surface area contributed by atoms with Crippen LogP contribution in [0.5, 0.6) is 5.75 Å². The second kappa shape index (κ2) is 5.97. The Bertz CT molecular complexity index is 365. The highest BCUT2D eigenvalue weighted by Crippen LogP contribution is 2.25. The highest BCUT2D eigenvalue weighted by atomic mass is 16.5. The summed E-state index contributed by atoms with van der Waals surface area (Å²) < 4.78 is 5.08. The molecule has 0 radical (unpaired) electrons. The van der Waals surface area contributed by atoms with Crippen LogP contribution >= 0.6 is 0 Å². The molecular weight excluding hydrogens is 210 g/mol. The summed E-state index contributed by atoms with van der Waals surface area (Å²) in [6, 6.07) is 5.23. The van der Waals surface area contributed by atoms with Gasteiger partial charge in [-0.1, -0.05) is 6.07 Å². The number of aliphatic hydroxyl groups excluding tert-OH is 1. The summed E-state index contributed by atoms with van der Waals surface area (Å²) in [6.07, 6.45) is 0.288. The van der Waals surface area contributed by atoms with Crippen molar-refractivity contribution in [3.05, 3.63) is 23.8 Å². The van der Waals surface area contributed by atoms with Crippen molar-refractivity contribution in [2.24, 2.45) is 0 Å². The molecule has 0 aromatic heterocycles. The SMILES string of the molecule is COc1cc(CCCO)ccc1NC(=O)O. The summed E-state index contributed by atoms with van der Waals surface area (Å²) in [5.41, 5.74) is 1.42. The molecule has 0 bridgehead atoms. The summed E-state index contributed by atoms with van der Waals surface area (Å²) in [6.45, 7) is 0.136. The number of rotatable bonds is 5. The van der Waals surface area contributed by atoms with Crippen LogP contribution in [0, 0.1) is 0 Å². The third-order valence-electron chi connectivity index (χ3n) is 2.13. The maximum Gasteiger partial charge on any atom is 0.409 e. The third-order valence-corrected chi connectivity index (χ3v) is 2.13. The van der Waals surface area contributed by atoms with Gasteiger partial charge in [-0.2, -0.15) is 0 Å². The lowest BCUT2D eigenvalue weighted by atomic mass is 10.1. The van der Waals surface area contributed by atoms with Crippen LogP contribution in [-0.4, -0.2) is 30.0 Å². The summed E-state index contributed by atoms with van der Waals surface area (Å²) in [7, 11) is 1.48. The Kier molecular flexibility index (Phi) is 4.60. The molecule has 0 saturated heterocycles. The van der Waals surface area contributed by atoms with Gasteiger partial charge in [0, 0.05) is 6.61 Å². The number of methoxy groups -OCH3 is 1. The number of aliphatic hydroxyl groups is 1. The molecule has 0 aliphatic heterocycles. The van der Waals surface area contributed by atoms with Crippen molar-refractivity contribution in [1.29, 1.82) is 0 Å². The Morgan fingerprint density at radius 1 is 1.50 bits per heavy atom. The second-order valence-electron chi connectivity index (χ2n) is 3.29. The van der Waals surface area contributed by atoms with Crippen molar-refractivity contribution in [3.8, 4) is 5.75 Å². The lowest BCUT2D eigenvalue weighted by Crippen LogP contribution is -2.08. The first-order valence-corrected chi connectivity index (χ1v) is 4.95. The van der Waals surface area contributed by atoms with Gasteiger partial charge in [-0.25, -0.2) is 4.79 Å². The summed E-state index contributed by atoms with van der Waals surface area (Å²) in [4.78, 5) is 10.5. The molecule has 5 heteroatoms. The van der Waals surface area contributed by atoms with Crippen molar-refractivity contribution in [3.63, 3.8) is 0 Å². The van der Waals surface area contributed by atoms with Crippen LogP contribution < -0.4 is 10.1 Å². The highest BCUT2D eigenvalue weighted by molar-refractivity contribution is 5.85. The van der Waals surface area contributed by atoms with E-state index in [0.717, 1.165) is 12.0 Å². The average Bonchev–Trinajstić information content (AvgIpc) is 2.27. The Labute approximate surface area is 93.7 Å². The Morgan fingerprint density at radius 2 is 2.25 bits per heavy atom. The topological polar surface area (TPSA) is 78.8 Å². The lowest BCUT2D eigenvalue weighted by molar-refractivity contribution is 0.209. The predicted molar refractivity (Wildman–Crippen MR) is 60.0 cm³/mol. The molecule has 1 amide bonds. The minimum absolute atomic E-state index is 0.136. The first-order valence-electron chi connectivity index (χ1n) is 4.95. The number of amides is 1. The Hall–Kier alpha value is -1.75. The number of nitrogens with one attached hydrogen (secondary N) is 1. The normalized spacial score (nSPS) is 9.88. The molecule has 0 unspecified atom stereocenters. The molecule has 5 nitrogen and oxygen atoms in total. The van der Waals surface area contributed by atoms with Gasteiger partial charge in [-0.05, 0) is 30.5 Å². The number of carbonyl (C=O) groups is 1. The molecule has 1 rings (SSSR count). The number of hydrogen-bond donors (Lipinski definition) is 3. The smallest absolute Gasteiger partial charge is 0.409 e. The van der Waals surface area contributed by atoms with Gasteiger partial charge in [0.05, 0.1) is 12.8 Å². The predicted octanol–water partition coefficient (Wildman–Crippen LogP) is 1.71. The van der Waals surface area contributed by atoms with Crippen molar-refractivity contribution < 1.29 is 19.7 Å². The van der Waals surface area contributed by atoms with Gasteiger partial charge < -0.3 is 14.9 Å². The molecule has 0 aliphatic rings. The van der Waals surface area contributed by atoms with E-state index in [-0.39, 0.29) is 6.61 Å². The Morgan fingerprint density at radius 3 is 2.81 bits per heavy atom. The van der Waals surface area contributed by atoms with Crippen LogP contribution in [-0.2, 0) is 6.42 Å². The van der Waals surface area contributed by atoms with E-state index in [1.807, 2.05) is 6.07 Å². The van der Waals surface area contributed by atoms with Gasteiger partial charge in [-0.3, -0.25) is 5.32 Å². The zero-order valence-corrected chi connectivity index (χ0v) is 9.06. The number of anilines is 1. The van der Waals surface area contributed by atoms with Crippen LogP contribution in [0.25, 0.3) is 0 Å². The van der Waals surface area contributed by atoms with Crippen molar-refractivity contribution in [1.82, 2.24) is 0 Å². The van der Waals surface area contributed by atoms with E-state index in [4.69, 9.17) is 14.9 Å². The molecule has 0 heterocycles. The molecule has 16 heavy (non-hydrogen) atoms. The number of carboxylic acid groups (broad SMARTS) is 1. The van der Waals surface area contributed by atoms with E-state index >= 15 is 0 Å². The molecular formula is C11H15NO4. The van der Waals surface area contributed by atoms with Crippen LogP contribution in [0.4, 0.5) is 10.5 Å². The molecule has 1 aromatic rings. The molecule has 88 valence electrons. The first kappa shape index (κ1) is 12.3. The molecule has 1 aromatic carbocycles. The fraction of sp³-hybridized carbons (Fsp3) is 0.364. The molecule has 3 N–H and O–H groups in total. The van der Waals surface area contributed by atoms with E-state index in [1.165, 1.54) is 7.11 Å². The van der Waals surface area contributed by atoms with Gasteiger partial charge in [-0.15, -0.1) is 0 Å². The number of aryl methyl sites for hydroxylation is 1. The van der Waals surface area contributed by atoms with Crippen LogP contribution in [0.2, 0.25) is 0 Å². The van der Waals surface area contributed by atoms with Gasteiger partial charge in [0.2, 0.25) is 0 Å². The fourth-order valence-corrected chi connectivity index (χ4v) is 1.39. The van der Waals surface area contributed by atoms with Crippen LogP contribution in [0.3, 0.4) is 0 Å². The van der Waals surface area contributed by atoms with Gasteiger partial charge >= 0.3 is 6.09 Å². The van der Waals surface area contributed by atoms with E-state index in [2.05, 4.69) is 5.32 Å². The number of benzene rings is 1. The number of ether oxygens (including phenoxy) is 1. The second-order valence-corrected chi connectivity index (χ2v) is 3.29. The monoisotopic (exact) mass is 225 g/mol. The van der Waals surface area contributed by atoms with E-state index < -0.39 is 6.09 Å². The average molecular weight is 225 g/mol. The first-order chi connectivity index (χ1) is 7.67.